The molecule has 0 radical (unpaired) electrons. The van der Waals surface area contributed by atoms with Crippen LogP contribution in [0.1, 0.15) is 9.68 Å². The van der Waals surface area contributed by atoms with Gasteiger partial charge in [0.2, 0.25) is 0 Å². The summed E-state index contributed by atoms with van der Waals surface area (Å²) in [6, 6.07) is 1.94. The molecule has 0 saturated carbocycles. The molecule has 2 rings (SSSR count). The lowest BCUT2D eigenvalue weighted by atomic mass is 10.2. The van der Waals surface area contributed by atoms with Crippen LogP contribution in [0, 0.1) is 15.0 Å². The van der Waals surface area contributed by atoms with Gasteiger partial charge in [-0.2, -0.15) is 5.26 Å². The number of nitrogens with two attached hydrogens (primary N) is 1. The molecular weight excluding hydrogens is 371 g/mol. The van der Waals surface area contributed by atoms with Gasteiger partial charge in [0.25, 0.3) is 0 Å². The van der Waals surface area contributed by atoms with Gasteiger partial charge < -0.3 is 10.3 Å². The van der Waals surface area contributed by atoms with Gasteiger partial charge in [0, 0.05) is 17.3 Å². The fraction of sp³-hybridized carbons (Fsp3) is 0.111. The van der Waals surface area contributed by atoms with Crippen molar-refractivity contribution in [2.75, 3.05) is 5.73 Å². The van der Waals surface area contributed by atoms with Crippen molar-refractivity contribution < 1.29 is 4.11 Å². The van der Waals surface area contributed by atoms with E-state index in [0.717, 1.165) is 4.57 Å². The van der Waals surface area contributed by atoms with Crippen molar-refractivity contribution in [3.8, 4) is 6.07 Å². The first-order chi connectivity index (χ1) is 8.29. The lowest BCUT2D eigenvalue weighted by molar-refractivity contribution is 0.932. The van der Waals surface area contributed by atoms with Crippen molar-refractivity contribution in [3.05, 3.63) is 19.9 Å². The molecule has 0 saturated heterocycles. The molecule has 15 heavy (non-hydrogen) atoms. The maximum Gasteiger partial charge on any atom is 0.134 e. The number of nitrogens with zero attached hydrogens (tertiary/aromatic N) is 3. The highest BCUT2D eigenvalue weighted by molar-refractivity contribution is 14.1. The molecule has 0 bridgehead atoms. The Morgan fingerprint density at radius 1 is 1.80 bits per heavy atom. The van der Waals surface area contributed by atoms with Crippen molar-refractivity contribution in [3.63, 3.8) is 0 Å². The third-order valence-corrected chi connectivity index (χ3v) is 4.56. The minimum absolute atomic E-state index is 0.180. The van der Waals surface area contributed by atoms with Crippen molar-refractivity contribution >= 4 is 55.2 Å². The zero-order valence-electron chi connectivity index (χ0n) is 10.3. The van der Waals surface area contributed by atoms with Gasteiger partial charge in [-0.25, -0.2) is 4.98 Å². The largest absolute Gasteiger partial charge is 0.383 e. The van der Waals surface area contributed by atoms with Crippen molar-refractivity contribution in [2.24, 2.45) is 6.98 Å². The predicted octanol–water partition coefficient (Wildman–Crippen LogP) is 2.39. The van der Waals surface area contributed by atoms with E-state index in [1.54, 1.807) is 0 Å². The SMILES string of the molecule is [2H]C([2H])([2H])n1c(I)c(Br)c2c(N)ncc(C#N)c21. The lowest BCUT2D eigenvalue weighted by Crippen LogP contribution is -1.96. The van der Waals surface area contributed by atoms with E-state index in [0.29, 0.717) is 13.6 Å². The van der Waals surface area contributed by atoms with Gasteiger partial charge in [0.1, 0.15) is 11.9 Å². The van der Waals surface area contributed by atoms with Crippen LogP contribution in [0.3, 0.4) is 0 Å². The van der Waals surface area contributed by atoms with E-state index in [1.807, 2.05) is 28.7 Å². The second-order valence-corrected chi connectivity index (χ2v) is 4.65. The Morgan fingerprint density at radius 2 is 2.53 bits per heavy atom. The van der Waals surface area contributed by atoms with Crippen molar-refractivity contribution in [1.82, 2.24) is 9.55 Å². The second kappa shape index (κ2) is 3.64. The number of pyridine rings is 1. The summed E-state index contributed by atoms with van der Waals surface area (Å²) in [5, 5.41) is 9.52. The minimum atomic E-state index is -2.39. The van der Waals surface area contributed by atoms with Crippen LogP contribution in [0.5, 0.6) is 0 Å². The standard InChI is InChI=1S/C9H6BrIN4/c1-15-7-4(2-12)3-14-9(13)5(7)6(10)8(15)11/h3H,1H3,(H2,13,14)/i1D3. The van der Waals surface area contributed by atoms with Crippen LogP contribution in [0.2, 0.25) is 0 Å². The summed E-state index contributed by atoms with van der Waals surface area (Å²) in [4.78, 5) is 3.90. The van der Waals surface area contributed by atoms with Crippen LogP contribution in [0.25, 0.3) is 10.9 Å². The van der Waals surface area contributed by atoms with Gasteiger partial charge in [-0.1, -0.05) is 0 Å². The molecule has 0 aromatic carbocycles. The molecule has 0 fully saturated rings. The fourth-order valence-corrected chi connectivity index (χ4v) is 2.42. The fourth-order valence-electron chi connectivity index (χ4n) is 1.35. The van der Waals surface area contributed by atoms with E-state index in [-0.39, 0.29) is 16.9 Å². The van der Waals surface area contributed by atoms with E-state index < -0.39 is 6.98 Å². The summed E-state index contributed by atoms with van der Waals surface area (Å²) in [5.74, 6) is 0.191. The summed E-state index contributed by atoms with van der Waals surface area (Å²) in [6.45, 7) is -2.39. The Kier molecular flexibility index (Phi) is 1.81. The van der Waals surface area contributed by atoms with Gasteiger partial charge in [-0.15, -0.1) is 0 Å². The van der Waals surface area contributed by atoms with Crippen LogP contribution < -0.4 is 5.73 Å². The van der Waals surface area contributed by atoms with E-state index in [4.69, 9.17) is 15.1 Å². The van der Waals surface area contributed by atoms with Gasteiger partial charge in [-0.05, 0) is 38.5 Å². The lowest BCUT2D eigenvalue weighted by Gasteiger charge is -2.00. The zero-order valence-corrected chi connectivity index (χ0v) is 11.0. The Labute approximate surface area is 113 Å². The maximum absolute atomic E-state index is 9.07. The Balaban J connectivity index is 3.09. The molecule has 76 valence electrons. The first kappa shape index (κ1) is 7.46. The highest BCUT2D eigenvalue weighted by atomic mass is 127. The summed E-state index contributed by atoms with van der Waals surface area (Å²) < 4.78 is 24.8. The Hall–Kier alpha value is -0.810. The Bertz CT molecular complexity index is 686. The number of rotatable bonds is 0. The predicted molar refractivity (Wildman–Crippen MR) is 70.3 cm³/mol. The van der Waals surface area contributed by atoms with Crippen LogP contribution in [-0.4, -0.2) is 9.55 Å². The third-order valence-electron chi connectivity index (χ3n) is 2.02. The van der Waals surface area contributed by atoms with Crippen LogP contribution in [-0.2, 0) is 6.98 Å². The molecule has 0 spiro atoms. The zero-order chi connectivity index (χ0) is 13.7. The molecule has 2 N–H and O–H groups in total. The van der Waals surface area contributed by atoms with E-state index in [9.17, 15) is 0 Å². The number of nitrogen functional groups attached to an aromatic ring is 1. The van der Waals surface area contributed by atoms with E-state index in [1.165, 1.54) is 6.20 Å². The van der Waals surface area contributed by atoms with Crippen molar-refractivity contribution in [2.45, 2.75) is 0 Å². The molecule has 0 unspecified atom stereocenters. The summed E-state index contributed by atoms with van der Waals surface area (Å²) in [7, 11) is 0. The topological polar surface area (TPSA) is 67.6 Å². The number of fused-ring (bicyclic) bond motifs is 1. The molecule has 2 aromatic heterocycles. The number of aromatic nitrogens is 2. The second-order valence-electron chi connectivity index (χ2n) is 2.83. The van der Waals surface area contributed by atoms with Crippen molar-refractivity contribution in [1.29, 1.82) is 5.26 Å². The minimum Gasteiger partial charge on any atom is -0.383 e. The van der Waals surface area contributed by atoms with E-state index in [2.05, 4.69) is 20.9 Å². The summed E-state index contributed by atoms with van der Waals surface area (Å²) >= 11 is 5.20. The van der Waals surface area contributed by atoms with Crippen LogP contribution in [0.4, 0.5) is 5.82 Å². The molecule has 6 heteroatoms. The monoisotopic (exact) mass is 379 g/mol. The highest BCUT2D eigenvalue weighted by Crippen LogP contribution is 2.35. The quantitative estimate of drug-likeness (QED) is 0.714. The third kappa shape index (κ3) is 1.41. The van der Waals surface area contributed by atoms with Crippen LogP contribution >= 0.6 is 38.5 Å². The number of halogens is 2. The number of hydrogen-bond donors (Lipinski definition) is 1. The molecular formula is C9H6BrIN4. The molecule has 0 aliphatic heterocycles. The van der Waals surface area contributed by atoms with Gasteiger partial charge >= 0.3 is 0 Å². The average Bonchev–Trinajstić information content (AvgIpc) is 2.53. The number of anilines is 1. The smallest absolute Gasteiger partial charge is 0.134 e. The molecule has 2 aromatic rings. The first-order valence-corrected chi connectivity index (χ1v) is 5.70. The number of nitriles is 1. The normalized spacial score (nSPS) is 14.3. The molecule has 2 heterocycles. The number of hydrogen-bond acceptors (Lipinski definition) is 3. The summed E-state index contributed by atoms with van der Waals surface area (Å²) in [6.07, 6.45) is 1.28. The van der Waals surface area contributed by atoms with Gasteiger partial charge in [0.05, 0.1) is 24.6 Å². The maximum atomic E-state index is 9.07. The molecule has 0 aliphatic rings. The first-order valence-electron chi connectivity index (χ1n) is 5.33. The molecule has 4 nitrogen and oxygen atoms in total. The summed E-state index contributed by atoms with van der Waals surface area (Å²) in [5.41, 5.74) is 6.21. The number of aryl methyl sites for hydroxylation is 1. The van der Waals surface area contributed by atoms with Gasteiger partial charge in [0.15, 0.2) is 0 Å². The van der Waals surface area contributed by atoms with Gasteiger partial charge in [-0.3, -0.25) is 0 Å². The molecule has 0 aliphatic carbocycles. The van der Waals surface area contributed by atoms with Crippen LogP contribution in [0.15, 0.2) is 10.7 Å². The Morgan fingerprint density at radius 3 is 3.13 bits per heavy atom. The highest BCUT2D eigenvalue weighted by Gasteiger charge is 2.17. The van der Waals surface area contributed by atoms with E-state index >= 15 is 0 Å². The molecule has 0 atom stereocenters. The molecule has 0 amide bonds. The average molecular weight is 380 g/mol.